The molecule has 0 atom stereocenters. The van der Waals surface area contributed by atoms with Gasteiger partial charge in [-0.1, -0.05) is 30.0 Å². The van der Waals surface area contributed by atoms with Crippen LogP contribution in [0.1, 0.15) is 5.56 Å². The molecule has 3 rings (SSSR count). The van der Waals surface area contributed by atoms with Crippen LogP contribution in [0.3, 0.4) is 0 Å². The smallest absolute Gasteiger partial charge is 0.277 e. The van der Waals surface area contributed by atoms with Gasteiger partial charge >= 0.3 is 0 Å². The van der Waals surface area contributed by atoms with E-state index < -0.39 is 0 Å². The third-order valence-corrected chi connectivity index (χ3v) is 3.60. The molecule has 0 fully saturated rings. The Hall–Kier alpha value is -2.68. The molecule has 22 heavy (non-hydrogen) atoms. The minimum absolute atomic E-state index is 0.146. The summed E-state index contributed by atoms with van der Waals surface area (Å²) >= 11 is 1.17. The fraction of sp³-hybridized carbons (Fsp3) is 0.154. The summed E-state index contributed by atoms with van der Waals surface area (Å²) in [4.78, 5) is 11.7. The number of carbonyl (C=O) groups is 1. The number of benzene rings is 1. The van der Waals surface area contributed by atoms with E-state index >= 15 is 0 Å². The van der Waals surface area contributed by atoms with E-state index in [-0.39, 0.29) is 11.7 Å². The van der Waals surface area contributed by atoms with Gasteiger partial charge in [-0.25, -0.2) is 4.68 Å². The number of thioether (sulfide) groups is 1. The van der Waals surface area contributed by atoms with Crippen molar-refractivity contribution < 1.29 is 9.21 Å². The molecule has 0 radical (unpaired) electrons. The Bertz CT molecular complexity index is 770. The van der Waals surface area contributed by atoms with Crippen molar-refractivity contribution in [2.24, 2.45) is 0 Å². The molecule has 3 aromatic rings. The van der Waals surface area contributed by atoms with Crippen LogP contribution in [-0.2, 0) is 4.79 Å². The maximum atomic E-state index is 11.7. The van der Waals surface area contributed by atoms with E-state index in [1.165, 1.54) is 29.1 Å². The highest BCUT2D eigenvalue weighted by Gasteiger charge is 2.12. The highest BCUT2D eigenvalue weighted by molar-refractivity contribution is 7.99. The Morgan fingerprint density at radius 2 is 2.05 bits per heavy atom. The fourth-order valence-corrected chi connectivity index (χ4v) is 2.31. The van der Waals surface area contributed by atoms with Crippen molar-refractivity contribution >= 4 is 17.7 Å². The van der Waals surface area contributed by atoms with Crippen molar-refractivity contribution in [3.63, 3.8) is 0 Å². The lowest BCUT2D eigenvalue weighted by atomic mass is 10.1. The standard InChI is InChI=1S/C13H12N6O2S/c1-9-4-2-3-5-10(9)12-16-17-13(21-12)22-6-11(20)18-19-7-14-15-8-19/h2-5,7-8H,6H2,1H3,(H,18,20). The maximum Gasteiger partial charge on any atom is 0.277 e. The summed E-state index contributed by atoms with van der Waals surface area (Å²) in [6.45, 7) is 1.97. The summed E-state index contributed by atoms with van der Waals surface area (Å²) in [6, 6.07) is 7.74. The van der Waals surface area contributed by atoms with E-state index in [1.54, 1.807) is 0 Å². The summed E-state index contributed by atoms with van der Waals surface area (Å²) in [5.41, 5.74) is 4.52. The van der Waals surface area contributed by atoms with Gasteiger partial charge in [0, 0.05) is 5.56 Å². The van der Waals surface area contributed by atoms with Gasteiger partial charge in [0.05, 0.1) is 5.75 Å². The van der Waals surface area contributed by atoms with E-state index in [0.29, 0.717) is 11.1 Å². The molecule has 0 saturated carbocycles. The second kappa shape index (κ2) is 6.39. The van der Waals surface area contributed by atoms with Gasteiger partial charge in [-0.2, -0.15) is 0 Å². The Morgan fingerprint density at radius 1 is 1.27 bits per heavy atom. The first-order valence-electron chi connectivity index (χ1n) is 6.39. The normalized spacial score (nSPS) is 10.6. The van der Waals surface area contributed by atoms with Crippen molar-refractivity contribution in [1.29, 1.82) is 0 Å². The average Bonchev–Trinajstić information content (AvgIpc) is 3.17. The third kappa shape index (κ3) is 3.31. The molecule has 2 aromatic heterocycles. The Labute approximate surface area is 129 Å². The first-order chi connectivity index (χ1) is 10.7. The van der Waals surface area contributed by atoms with Gasteiger partial charge in [-0.05, 0) is 18.6 Å². The van der Waals surface area contributed by atoms with Crippen molar-refractivity contribution in [3.8, 4) is 11.5 Å². The number of hydrogen-bond acceptors (Lipinski definition) is 7. The second-order valence-electron chi connectivity index (χ2n) is 4.38. The molecule has 1 N–H and O–H groups in total. The van der Waals surface area contributed by atoms with Crippen molar-refractivity contribution in [3.05, 3.63) is 42.5 Å². The zero-order valence-corrected chi connectivity index (χ0v) is 12.4. The number of hydrogen-bond donors (Lipinski definition) is 1. The molecule has 0 unspecified atom stereocenters. The van der Waals surface area contributed by atoms with Crippen LogP contribution in [0.2, 0.25) is 0 Å². The molecule has 0 bridgehead atoms. The predicted molar refractivity (Wildman–Crippen MR) is 79.6 cm³/mol. The van der Waals surface area contributed by atoms with E-state index in [1.807, 2.05) is 31.2 Å². The van der Waals surface area contributed by atoms with Gasteiger partial charge in [0.15, 0.2) is 0 Å². The molecule has 2 heterocycles. The number of aryl methyl sites for hydroxylation is 1. The lowest BCUT2D eigenvalue weighted by Crippen LogP contribution is -2.23. The number of amides is 1. The first-order valence-corrected chi connectivity index (χ1v) is 7.38. The second-order valence-corrected chi connectivity index (χ2v) is 5.31. The lowest BCUT2D eigenvalue weighted by Gasteiger charge is -2.02. The highest BCUT2D eigenvalue weighted by atomic mass is 32.2. The van der Waals surface area contributed by atoms with Gasteiger partial charge in [0.1, 0.15) is 12.7 Å². The summed E-state index contributed by atoms with van der Waals surface area (Å²) in [6.07, 6.45) is 2.79. The largest absolute Gasteiger partial charge is 0.411 e. The number of aromatic nitrogens is 5. The van der Waals surface area contributed by atoms with Gasteiger partial charge in [-0.15, -0.1) is 20.4 Å². The van der Waals surface area contributed by atoms with Crippen LogP contribution in [0.4, 0.5) is 0 Å². The number of carbonyl (C=O) groups excluding carboxylic acids is 1. The van der Waals surface area contributed by atoms with Crippen LogP contribution in [0, 0.1) is 6.92 Å². The molecule has 112 valence electrons. The molecule has 0 aliphatic rings. The molecule has 8 nitrogen and oxygen atoms in total. The minimum Gasteiger partial charge on any atom is -0.411 e. The Kier molecular flexibility index (Phi) is 4.15. The summed E-state index contributed by atoms with van der Waals surface area (Å²) in [5, 5.41) is 15.5. The Morgan fingerprint density at radius 3 is 2.82 bits per heavy atom. The van der Waals surface area contributed by atoms with E-state index in [9.17, 15) is 4.79 Å². The van der Waals surface area contributed by atoms with Crippen LogP contribution >= 0.6 is 11.8 Å². The molecule has 9 heteroatoms. The third-order valence-electron chi connectivity index (χ3n) is 2.78. The van der Waals surface area contributed by atoms with Crippen LogP contribution < -0.4 is 5.43 Å². The topological polar surface area (TPSA) is 98.7 Å². The van der Waals surface area contributed by atoms with Crippen molar-refractivity contribution in [1.82, 2.24) is 25.1 Å². The molecule has 1 amide bonds. The van der Waals surface area contributed by atoms with Gasteiger partial charge in [0.2, 0.25) is 11.8 Å². The predicted octanol–water partition coefficient (Wildman–Crippen LogP) is 1.50. The minimum atomic E-state index is -0.222. The number of nitrogens with one attached hydrogen (secondary N) is 1. The number of rotatable bonds is 5. The van der Waals surface area contributed by atoms with Gasteiger partial charge in [0.25, 0.3) is 5.22 Å². The molecule has 0 saturated heterocycles. The van der Waals surface area contributed by atoms with E-state index in [0.717, 1.165) is 11.1 Å². The number of nitrogens with zero attached hydrogens (tertiary/aromatic N) is 5. The maximum absolute atomic E-state index is 11.7. The average molecular weight is 316 g/mol. The lowest BCUT2D eigenvalue weighted by molar-refractivity contribution is -0.114. The molecule has 0 spiro atoms. The molecular weight excluding hydrogens is 304 g/mol. The fourth-order valence-electron chi connectivity index (χ4n) is 1.75. The quantitative estimate of drug-likeness (QED) is 0.712. The first kappa shape index (κ1) is 14.3. The van der Waals surface area contributed by atoms with E-state index in [4.69, 9.17) is 4.42 Å². The monoisotopic (exact) mass is 316 g/mol. The van der Waals surface area contributed by atoms with E-state index in [2.05, 4.69) is 25.8 Å². The van der Waals surface area contributed by atoms with Crippen LogP contribution in [0.5, 0.6) is 0 Å². The molecule has 1 aromatic carbocycles. The van der Waals surface area contributed by atoms with Gasteiger partial charge < -0.3 is 4.42 Å². The zero-order chi connectivity index (χ0) is 15.4. The van der Waals surface area contributed by atoms with Crippen molar-refractivity contribution in [2.45, 2.75) is 12.1 Å². The zero-order valence-electron chi connectivity index (χ0n) is 11.6. The van der Waals surface area contributed by atoms with Crippen LogP contribution in [0.25, 0.3) is 11.5 Å². The summed E-state index contributed by atoms with van der Waals surface area (Å²) in [5.74, 6) is 0.369. The molecular formula is C13H12N6O2S. The van der Waals surface area contributed by atoms with Gasteiger partial charge in [-0.3, -0.25) is 10.2 Å². The van der Waals surface area contributed by atoms with Crippen molar-refractivity contribution in [2.75, 3.05) is 11.2 Å². The SMILES string of the molecule is Cc1ccccc1-c1nnc(SCC(=O)Nn2cnnc2)o1. The molecule has 0 aliphatic carbocycles. The molecule has 0 aliphatic heterocycles. The van der Waals surface area contributed by atoms with Crippen LogP contribution in [0.15, 0.2) is 46.6 Å². The van der Waals surface area contributed by atoms with Crippen LogP contribution in [-0.4, -0.2) is 36.7 Å². The summed E-state index contributed by atoms with van der Waals surface area (Å²) < 4.78 is 6.94. The summed E-state index contributed by atoms with van der Waals surface area (Å²) in [7, 11) is 0. The Balaban J connectivity index is 1.60. The highest BCUT2D eigenvalue weighted by Crippen LogP contribution is 2.25.